The van der Waals surface area contributed by atoms with Crippen molar-refractivity contribution in [1.29, 1.82) is 0 Å². The second-order valence-corrected chi connectivity index (χ2v) is 9.69. The number of amides is 1. The number of carbonyl (C=O) groups excluding carboxylic acids is 1. The van der Waals surface area contributed by atoms with E-state index in [2.05, 4.69) is 22.5 Å². The lowest BCUT2D eigenvalue weighted by Gasteiger charge is -2.32. The molecule has 1 N–H and O–H groups in total. The molecule has 1 aliphatic carbocycles. The summed E-state index contributed by atoms with van der Waals surface area (Å²) in [6.45, 7) is 3.42. The summed E-state index contributed by atoms with van der Waals surface area (Å²) in [7, 11) is -0.911. The smallest absolute Gasteiger partial charge is 0.286 e. The SMILES string of the molecule is CN1CCN(NC(=O)c2cc(C3CC3)n(C3CCS(=O)(=O)C3)n2)CC1. The molecule has 1 amide bonds. The van der Waals surface area contributed by atoms with Crippen LogP contribution in [0.1, 0.15) is 47.4 Å². The van der Waals surface area contributed by atoms with E-state index in [0.29, 0.717) is 18.0 Å². The van der Waals surface area contributed by atoms with Gasteiger partial charge in [-0.05, 0) is 32.4 Å². The number of hydrogen-bond acceptors (Lipinski definition) is 6. The third-order valence-corrected chi connectivity index (χ3v) is 7.06. The standard InChI is InChI=1S/C16H25N5O3S/c1-19-5-7-20(8-6-19)18-16(22)14-10-15(12-2-3-12)21(17-14)13-4-9-25(23,24)11-13/h10,12-13H,2-9,11H2,1H3,(H,18,22). The third kappa shape index (κ3) is 3.73. The summed E-state index contributed by atoms with van der Waals surface area (Å²) in [5, 5.41) is 6.43. The van der Waals surface area contributed by atoms with Gasteiger partial charge >= 0.3 is 0 Å². The fraction of sp³-hybridized carbons (Fsp3) is 0.750. The molecule has 0 aromatic carbocycles. The first-order valence-electron chi connectivity index (χ1n) is 8.95. The Morgan fingerprint density at radius 1 is 1.20 bits per heavy atom. The molecule has 2 aliphatic heterocycles. The van der Waals surface area contributed by atoms with Gasteiger partial charge in [0.25, 0.3) is 5.91 Å². The topological polar surface area (TPSA) is 87.5 Å². The van der Waals surface area contributed by atoms with E-state index in [4.69, 9.17) is 0 Å². The molecule has 3 heterocycles. The molecule has 9 heteroatoms. The van der Waals surface area contributed by atoms with E-state index in [0.717, 1.165) is 44.7 Å². The monoisotopic (exact) mass is 367 g/mol. The Morgan fingerprint density at radius 2 is 1.92 bits per heavy atom. The Balaban J connectivity index is 1.50. The van der Waals surface area contributed by atoms with Crippen LogP contribution in [0.5, 0.6) is 0 Å². The van der Waals surface area contributed by atoms with Crippen LogP contribution in [-0.4, -0.2) is 78.7 Å². The Morgan fingerprint density at radius 3 is 2.52 bits per heavy atom. The van der Waals surface area contributed by atoms with Crippen molar-refractivity contribution in [3.63, 3.8) is 0 Å². The van der Waals surface area contributed by atoms with Crippen LogP contribution in [0.25, 0.3) is 0 Å². The average molecular weight is 367 g/mol. The van der Waals surface area contributed by atoms with Gasteiger partial charge in [0.1, 0.15) is 0 Å². The summed E-state index contributed by atoms with van der Waals surface area (Å²) >= 11 is 0. The van der Waals surface area contributed by atoms with Crippen LogP contribution in [0.4, 0.5) is 0 Å². The maximum Gasteiger partial charge on any atom is 0.286 e. The zero-order valence-corrected chi connectivity index (χ0v) is 15.3. The van der Waals surface area contributed by atoms with Crippen molar-refractivity contribution in [3.8, 4) is 0 Å². The summed E-state index contributed by atoms with van der Waals surface area (Å²) in [5.74, 6) is 0.560. The van der Waals surface area contributed by atoms with Crippen LogP contribution in [0.3, 0.4) is 0 Å². The number of aromatic nitrogens is 2. The van der Waals surface area contributed by atoms with Crippen molar-refractivity contribution in [3.05, 3.63) is 17.5 Å². The Hall–Kier alpha value is -1.45. The highest BCUT2D eigenvalue weighted by Gasteiger charge is 2.36. The first-order chi connectivity index (χ1) is 11.9. The molecule has 25 heavy (non-hydrogen) atoms. The van der Waals surface area contributed by atoms with Gasteiger partial charge in [-0.15, -0.1) is 0 Å². The van der Waals surface area contributed by atoms with Crippen molar-refractivity contribution in [1.82, 2.24) is 25.1 Å². The van der Waals surface area contributed by atoms with Crippen LogP contribution in [0.15, 0.2) is 6.07 Å². The zero-order chi connectivity index (χ0) is 17.6. The second-order valence-electron chi connectivity index (χ2n) is 7.46. The molecule has 0 spiro atoms. The van der Waals surface area contributed by atoms with E-state index >= 15 is 0 Å². The zero-order valence-electron chi connectivity index (χ0n) is 14.5. The summed E-state index contributed by atoms with van der Waals surface area (Å²) in [5.41, 5.74) is 4.35. The number of carbonyl (C=O) groups is 1. The normalized spacial score (nSPS) is 27.5. The number of rotatable bonds is 4. The number of nitrogens with zero attached hydrogens (tertiary/aromatic N) is 4. The lowest BCUT2D eigenvalue weighted by Crippen LogP contribution is -2.52. The molecule has 4 rings (SSSR count). The first kappa shape index (κ1) is 17.0. The van der Waals surface area contributed by atoms with Gasteiger partial charge in [0, 0.05) is 37.8 Å². The molecule has 1 aromatic rings. The van der Waals surface area contributed by atoms with Gasteiger partial charge in [-0.3, -0.25) is 14.9 Å². The molecule has 0 bridgehead atoms. The largest absolute Gasteiger partial charge is 0.304 e. The Bertz CT molecular complexity index is 763. The highest BCUT2D eigenvalue weighted by atomic mass is 32.2. The molecule has 3 fully saturated rings. The molecule has 3 aliphatic rings. The lowest BCUT2D eigenvalue weighted by atomic mass is 10.2. The number of nitrogens with one attached hydrogen (secondary N) is 1. The van der Waals surface area contributed by atoms with Gasteiger partial charge in [-0.1, -0.05) is 0 Å². The minimum Gasteiger partial charge on any atom is -0.304 e. The number of likely N-dealkylation sites (N-methyl/N-ethyl adjacent to an activating group) is 1. The summed E-state index contributed by atoms with van der Waals surface area (Å²) in [6, 6.07) is 1.72. The molecule has 1 aromatic heterocycles. The van der Waals surface area contributed by atoms with E-state index in [1.165, 1.54) is 0 Å². The van der Waals surface area contributed by atoms with E-state index < -0.39 is 9.84 Å². The molecular weight excluding hydrogens is 342 g/mol. The molecule has 8 nitrogen and oxygen atoms in total. The Kier molecular flexibility index (Phi) is 4.33. The fourth-order valence-electron chi connectivity index (χ4n) is 3.58. The van der Waals surface area contributed by atoms with E-state index in [-0.39, 0.29) is 23.5 Å². The summed E-state index contributed by atoms with van der Waals surface area (Å²) in [6.07, 6.45) is 2.76. The van der Waals surface area contributed by atoms with Crippen LogP contribution in [0.2, 0.25) is 0 Å². The van der Waals surface area contributed by atoms with Crippen LogP contribution < -0.4 is 5.43 Å². The highest BCUT2D eigenvalue weighted by molar-refractivity contribution is 7.91. The summed E-state index contributed by atoms with van der Waals surface area (Å²) < 4.78 is 25.4. The van der Waals surface area contributed by atoms with Crippen molar-refractivity contribution >= 4 is 15.7 Å². The van der Waals surface area contributed by atoms with E-state index in [9.17, 15) is 13.2 Å². The predicted octanol–water partition coefficient (Wildman–Crippen LogP) is 0.0123. The van der Waals surface area contributed by atoms with Crippen molar-refractivity contribution in [2.75, 3.05) is 44.7 Å². The lowest BCUT2D eigenvalue weighted by molar-refractivity contribution is 0.0657. The van der Waals surface area contributed by atoms with E-state index in [1.807, 2.05) is 15.8 Å². The summed E-state index contributed by atoms with van der Waals surface area (Å²) in [4.78, 5) is 14.8. The van der Waals surface area contributed by atoms with Crippen LogP contribution >= 0.6 is 0 Å². The van der Waals surface area contributed by atoms with Gasteiger partial charge in [0.2, 0.25) is 0 Å². The highest BCUT2D eigenvalue weighted by Crippen LogP contribution is 2.42. The number of sulfone groups is 1. The van der Waals surface area contributed by atoms with Gasteiger partial charge < -0.3 is 4.90 Å². The third-order valence-electron chi connectivity index (χ3n) is 5.31. The molecule has 1 saturated carbocycles. The number of piperazine rings is 1. The Labute approximate surface area is 148 Å². The van der Waals surface area contributed by atoms with Crippen molar-refractivity contribution in [2.24, 2.45) is 0 Å². The minimum atomic E-state index is -2.98. The predicted molar refractivity (Wildman–Crippen MR) is 93.0 cm³/mol. The molecule has 1 unspecified atom stereocenters. The van der Waals surface area contributed by atoms with E-state index in [1.54, 1.807) is 0 Å². The number of hydrazine groups is 1. The molecule has 2 saturated heterocycles. The average Bonchev–Trinajstić information content (AvgIpc) is 3.21. The van der Waals surface area contributed by atoms with Gasteiger partial charge in [0.15, 0.2) is 15.5 Å². The number of hydrogen-bond donors (Lipinski definition) is 1. The van der Waals surface area contributed by atoms with Gasteiger partial charge in [0.05, 0.1) is 17.5 Å². The van der Waals surface area contributed by atoms with Crippen molar-refractivity contribution in [2.45, 2.75) is 31.2 Å². The fourth-order valence-corrected chi connectivity index (χ4v) is 5.28. The molecule has 138 valence electrons. The molecule has 0 radical (unpaired) electrons. The van der Waals surface area contributed by atoms with Crippen LogP contribution in [-0.2, 0) is 9.84 Å². The van der Waals surface area contributed by atoms with Crippen molar-refractivity contribution < 1.29 is 13.2 Å². The quantitative estimate of drug-likeness (QED) is 0.807. The second kappa shape index (κ2) is 6.37. The van der Waals surface area contributed by atoms with Gasteiger partial charge in [-0.2, -0.15) is 5.10 Å². The molecular formula is C16H25N5O3S. The maximum atomic E-state index is 12.6. The van der Waals surface area contributed by atoms with Gasteiger partial charge in [-0.25, -0.2) is 13.4 Å². The first-order valence-corrected chi connectivity index (χ1v) is 10.8. The van der Waals surface area contributed by atoms with Crippen LogP contribution in [0, 0.1) is 0 Å². The minimum absolute atomic E-state index is 0.133. The molecule has 1 atom stereocenters. The maximum absolute atomic E-state index is 12.6.